The van der Waals surface area contributed by atoms with Crippen LogP contribution in [0.1, 0.15) is 27.7 Å². The molecular weight excluding hydrogens is 250 g/mol. The quantitative estimate of drug-likeness (QED) is 0.862. The molecule has 0 bridgehead atoms. The van der Waals surface area contributed by atoms with Crippen molar-refractivity contribution in [3.63, 3.8) is 0 Å². The second-order valence-corrected chi connectivity index (χ2v) is 6.58. The average Bonchev–Trinajstić information content (AvgIpc) is 2.31. The zero-order valence-corrected chi connectivity index (χ0v) is 13.3. The van der Waals surface area contributed by atoms with E-state index < -0.39 is 0 Å². The first kappa shape index (κ1) is 15.0. The van der Waals surface area contributed by atoms with Crippen LogP contribution in [0.25, 0.3) is 0 Å². The van der Waals surface area contributed by atoms with Crippen molar-refractivity contribution < 1.29 is 4.74 Å². The Balaban J connectivity index is 2.22. The van der Waals surface area contributed by atoms with E-state index in [1.54, 1.807) is 0 Å². The van der Waals surface area contributed by atoms with Gasteiger partial charge in [-0.25, -0.2) is 0 Å². The minimum absolute atomic E-state index is 0.161. The highest BCUT2D eigenvalue weighted by molar-refractivity contribution is 5.61. The molecule has 1 fully saturated rings. The van der Waals surface area contributed by atoms with Crippen LogP contribution in [0.3, 0.4) is 0 Å². The number of nitrogens with two attached hydrogens (primary N) is 1. The highest BCUT2D eigenvalue weighted by Crippen LogP contribution is 2.30. The number of nitrogen functional groups attached to an aromatic ring is 1. The lowest BCUT2D eigenvalue weighted by Crippen LogP contribution is -2.57. The lowest BCUT2D eigenvalue weighted by atomic mass is 9.99. The predicted molar refractivity (Wildman–Crippen MR) is 85.5 cm³/mol. The van der Waals surface area contributed by atoms with Crippen LogP contribution >= 0.6 is 0 Å². The second-order valence-electron chi connectivity index (χ2n) is 6.58. The largest absolute Gasteiger partial charge is 0.491 e. The molecule has 0 amide bonds. The van der Waals surface area contributed by atoms with E-state index in [0.29, 0.717) is 0 Å². The van der Waals surface area contributed by atoms with Gasteiger partial charge in [0.05, 0.1) is 6.10 Å². The summed E-state index contributed by atoms with van der Waals surface area (Å²) in [5.41, 5.74) is 8.10. The van der Waals surface area contributed by atoms with E-state index in [4.69, 9.17) is 10.5 Å². The van der Waals surface area contributed by atoms with Gasteiger partial charge in [0.15, 0.2) is 0 Å². The van der Waals surface area contributed by atoms with Crippen molar-refractivity contribution in [2.24, 2.45) is 0 Å². The summed E-state index contributed by atoms with van der Waals surface area (Å²) in [6.07, 6.45) is 0.161. The first-order chi connectivity index (χ1) is 9.28. The normalized spacial score (nSPS) is 19.4. The molecule has 1 aliphatic rings. The van der Waals surface area contributed by atoms with E-state index in [1.165, 1.54) is 0 Å². The summed E-state index contributed by atoms with van der Waals surface area (Å²) in [5, 5.41) is 0. The molecule has 4 nitrogen and oxygen atoms in total. The first-order valence-electron chi connectivity index (χ1n) is 7.31. The van der Waals surface area contributed by atoms with Crippen molar-refractivity contribution in [2.45, 2.75) is 39.3 Å². The third kappa shape index (κ3) is 3.37. The number of likely N-dealkylation sites (N-methyl/N-ethyl adjacent to an activating group) is 1. The third-order valence-corrected chi connectivity index (χ3v) is 3.97. The van der Waals surface area contributed by atoms with E-state index in [2.05, 4.69) is 36.8 Å². The molecule has 1 aromatic carbocycles. The van der Waals surface area contributed by atoms with E-state index >= 15 is 0 Å². The molecule has 1 aromatic rings. The number of nitrogens with zero attached hydrogens (tertiary/aromatic N) is 2. The van der Waals surface area contributed by atoms with Gasteiger partial charge in [0.2, 0.25) is 0 Å². The smallest absolute Gasteiger partial charge is 0.123 e. The first-order valence-corrected chi connectivity index (χ1v) is 7.31. The van der Waals surface area contributed by atoms with Crippen LogP contribution in [-0.4, -0.2) is 43.2 Å². The molecule has 112 valence electrons. The molecular formula is C16H27N3O. The topological polar surface area (TPSA) is 41.7 Å². The van der Waals surface area contributed by atoms with Crippen LogP contribution in [0.5, 0.6) is 5.75 Å². The fourth-order valence-electron chi connectivity index (χ4n) is 2.59. The number of rotatable bonds is 3. The van der Waals surface area contributed by atoms with Gasteiger partial charge in [0.25, 0.3) is 0 Å². The standard InChI is InChI=1S/C16H27N3O/c1-12(2)20-15-9-13(17)8-14(10-15)19-7-6-18(5)16(3,4)11-19/h8-10,12H,6-7,11,17H2,1-5H3. The van der Waals surface area contributed by atoms with Gasteiger partial charge in [-0.05, 0) is 40.8 Å². The SMILES string of the molecule is CC(C)Oc1cc(N)cc(N2CCN(C)C(C)(C)C2)c1. The Labute approximate surface area is 122 Å². The molecule has 0 radical (unpaired) electrons. The Morgan fingerprint density at radius 3 is 2.50 bits per heavy atom. The van der Waals surface area contributed by atoms with Crippen molar-refractivity contribution >= 4 is 11.4 Å². The molecule has 1 heterocycles. The number of benzene rings is 1. The highest BCUT2D eigenvalue weighted by atomic mass is 16.5. The van der Waals surface area contributed by atoms with Crippen molar-refractivity contribution in [3.8, 4) is 5.75 Å². The van der Waals surface area contributed by atoms with Crippen molar-refractivity contribution in [2.75, 3.05) is 37.3 Å². The summed E-state index contributed by atoms with van der Waals surface area (Å²) in [5.74, 6) is 0.853. The minimum atomic E-state index is 0.161. The maximum absolute atomic E-state index is 6.02. The summed E-state index contributed by atoms with van der Waals surface area (Å²) < 4.78 is 5.78. The van der Waals surface area contributed by atoms with Gasteiger partial charge >= 0.3 is 0 Å². The molecule has 0 spiro atoms. The number of hydrogen-bond acceptors (Lipinski definition) is 4. The fourth-order valence-corrected chi connectivity index (χ4v) is 2.59. The van der Waals surface area contributed by atoms with Crippen molar-refractivity contribution in [1.29, 1.82) is 0 Å². The summed E-state index contributed by atoms with van der Waals surface area (Å²) in [6.45, 7) is 11.7. The van der Waals surface area contributed by atoms with Crippen LogP contribution in [0.4, 0.5) is 11.4 Å². The number of hydrogen-bond donors (Lipinski definition) is 1. The van der Waals surface area contributed by atoms with Gasteiger partial charge in [0, 0.05) is 48.7 Å². The number of anilines is 2. The Morgan fingerprint density at radius 2 is 1.90 bits per heavy atom. The minimum Gasteiger partial charge on any atom is -0.491 e. The monoisotopic (exact) mass is 277 g/mol. The van der Waals surface area contributed by atoms with E-state index in [1.807, 2.05) is 26.0 Å². The van der Waals surface area contributed by atoms with E-state index in [0.717, 1.165) is 36.8 Å². The lowest BCUT2D eigenvalue weighted by molar-refractivity contribution is 0.139. The predicted octanol–water partition coefficient (Wildman–Crippen LogP) is 2.59. The Morgan fingerprint density at radius 1 is 1.20 bits per heavy atom. The maximum atomic E-state index is 6.02. The summed E-state index contributed by atoms with van der Waals surface area (Å²) in [6, 6.07) is 6.02. The fraction of sp³-hybridized carbons (Fsp3) is 0.625. The molecule has 2 N–H and O–H groups in total. The van der Waals surface area contributed by atoms with E-state index in [-0.39, 0.29) is 11.6 Å². The second kappa shape index (κ2) is 5.52. The van der Waals surface area contributed by atoms with Crippen molar-refractivity contribution in [1.82, 2.24) is 4.90 Å². The van der Waals surface area contributed by atoms with Crippen LogP contribution in [0.15, 0.2) is 18.2 Å². The van der Waals surface area contributed by atoms with Crippen LogP contribution < -0.4 is 15.4 Å². The van der Waals surface area contributed by atoms with Crippen molar-refractivity contribution in [3.05, 3.63) is 18.2 Å². The molecule has 1 saturated heterocycles. The van der Waals surface area contributed by atoms with Crippen LogP contribution in [0.2, 0.25) is 0 Å². The van der Waals surface area contributed by atoms with Crippen LogP contribution in [0, 0.1) is 0 Å². The highest BCUT2D eigenvalue weighted by Gasteiger charge is 2.31. The molecule has 0 unspecified atom stereocenters. The zero-order chi connectivity index (χ0) is 14.9. The molecule has 2 rings (SSSR count). The summed E-state index contributed by atoms with van der Waals surface area (Å²) in [4.78, 5) is 4.80. The Hall–Kier alpha value is -1.42. The lowest BCUT2D eigenvalue weighted by Gasteiger charge is -2.46. The van der Waals surface area contributed by atoms with Gasteiger partial charge in [-0.1, -0.05) is 0 Å². The molecule has 20 heavy (non-hydrogen) atoms. The van der Waals surface area contributed by atoms with Gasteiger partial charge in [-0.2, -0.15) is 0 Å². The molecule has 0 aliphatic carbocycles. The third-order valence-electron chi connectivity index (χ3n) is 3.97. The van der Waals surface area contributed by atoms with Crippen LogP contribution in [-0.2, 0) is 0 Å². The summed E-state index contributed by atoms with van der Waals surface area (Å²) >= 11 is 0. The summed E-state index contributed by atoms with van der Waals surface area (Å²) in [7, 11) is 2.18. The van der Waals surface area contributed by atoms with Gasteiger partial charge in [-0.15, -0.1) is 0 Å². The zero-order valence-electron chi connectivity index (χ0n) is 13.3. The van der Waals surface area contributed by atoms with Gasteiger partial charge in [0.1, 0.15) is 5.75 Å². The van der Waals surface area contributed by atoms with Gasteiger partial charge < -0.3 is 15.4 Å². The van der Waals surface area contributed by atoms with Gasteiger partial charge in [-0.3, -0.25) is 4.90 Å². The average molecular weight is 277 g/mol. The molecule has 0 atom stereocenters. The molecule has 0 aromatic heterocycles. The number of ether oxygens (including phenoxy) is 1. The van der Waals surface area contributed by atoms with E-state index in [9.17, 15) is 0 Å². The molecule has 4 heteroatoms. The number of piperazine rings is 1. The Bertz CT molecular complexity index is 471. The Kier molecular flexibility index (Phi) is 4.14. The molecule has 0 saturated carbocycles. The molecule has 1 aliphatic heterocycles. The maximum Gasteiger partial charge on any atom is 0.123 e.